The van der Waals surface area contributed by atoms with Gasteiger partial charge in [0.1, 0.15) is 10.8 Å². The van der Waals surface area contributed by atoms with E-state index >= 15 is 0 Å². The Bertz CT molecular complexity index is 1090. The van der Waals surface area contributed by atoms with Crippen molar-refractivity contribution in [3.05, 3.63) is 87.7 Å². The van der Waals surface area contributed by atoms with Gasteiger partial charge in [0.05, 0.1) is 23.3 Å². The van der Waals surface area contributed by atoms with Crippen LogP contribution in [0.3, 0.4) is 0 Å². The third-order valence-electron chi connectivity index (χ3n) is 3.85. The summed E-state index contributed by atoms with van der Waals surface area (Å²) in [5.74, 6) is 0.449. The number of furan rings is 1. The van der Waals surface area contributed by atoms with Gasteiger partial charge >= 0.3 is 0 Å². The molecule has 0 aliphatic carbocycles. The summed E-state index contributed by atoms with van der Waals surface area (Å²) in [6.07, 6.45) is 1.68. The maximum absolute atomic E-state index is 12.3. The first-order valence-corrected chi connectivity index (χ1v) is 8.87. The predicted molar refractivity (Wildman–Crippen MR) is 99.3 cm³/mol. The zero-order valence-electron chi connectivity index (χ0n) is 13.7. The Morgan fingerprint density at radius 1 is 1.12 bits per heavy atom. The maximum atomic E-state index is 12.3. The lowest BCUT2D eigenvalue weighted by Crippen LogP contribution is -2.22. The lowest BCUT2D eigenvalue weighted by atomic mass is 10.3. The van der Waals surface area contributed by atoms with Gasteiger partial charge in [-0.3, -0.25) is 9.59 Å². The lowest BCUT2D eigenvalue weighted by Gasteiger charge is -2.02. The van der Waals surface area contributed by atoms with Crippen molar-refractivity contribution in [2.24, 2.45) is 0 Å². The molecule has 0 radical (unpaired) electrons. The molecule has 0 atom stereocenters. The molecule has 0 spiro atoms. The van der Waals surface area contributed by atoms with Crippen molar-refractivity contribution in [2.45, 2.75) is 13.1 Å². The molecule has 1 N–H and O–H groups in total. The van der Waals surface area contributed by atoms with Crippen molar-refractivity contribution >= 4 is 27.5 Å². The van der Waals surface area contributed by atoms with Crippen LogP contribution in [0.5, 0.6) is 0 Å². The number of nitrogens with one attached hydrogen (secondary N) is 1. The number of fused-ring (bicyclic) bond motifs is 1. The van der Waals surface area contributed by atoms with E-state index in [1.54, 1.807) is 41.8 Å². The number of thiazole rings is 1. The Morgan fingerprint density at radius 3 is 2.81 bits per heavy atom. The highest BCUT2D eigenvalue weighted by atomic mass is 32.1. The number of aromatic nitrogens is 2. The Kier molecular flexibility index (Phi) is 4.37. The van der Waals surface area contributed by atoms with Gasteiger partial charge in [-0.1, -0.05) is 18.2 Å². The molecule has 4 rings (SSSR count). The maximum Gasteiger partial charge on any atom is 0.287 e. The molecule has 1 amide bonds. The number of pyridine rings is 1. The summed E-state index contributed by atoms with van der Waals surface area (Å²) in [5, 5.41) is 3.65. The summed E-state index contributed by atoms with van der Waals surface area (Å²) >= 11 is 1.55. The SMILES string of the molecule is O=C(NCc1nc2ccccc2s1)c1ccc(Cn2ccccc2=O)o1. The molecular formula is C19H15N3O3S. The number of hydrogen-bond donors (Lipinski definition) is 1. The fourth-order valence-electron chi connectivity index (χ4n) is 2.58. The van der Waals surface area contributed by atoms with Gasteiger partial charge in [-0.15, -0.1) is 11.3 Å². The van der Waals surface area contributed by atoms with E-state index in [9.17, 15) is 9.59 Å². The van der Waals surface area contributed by atoms with Crippen LogP contribution >= 0.6 is 11.3 Å². The summed E-state index contributed by atoms with van der Waals surface area (Å²) in [7, 11) is 0. The van der Waals surface area contributed by atoms with Gasteiger partial charge in [0.2, 0.25) is 0 Å². The van der Waals surface area contributed by atoms with Gasteiger partial charge in [-0.2, -0.15) is 0 Å². The Morgan fingerprint density at radius 2 is 1.96 bits per heavy atom. The second-order valence-corrected chi connectivity index (χ2v) is 6.81. The van der Waals surface area contributed by atoms with Gasteiger partial charge < -0.3 is 14.3 Å². The minimum atomic E-state index is -0.309. The Hall–Kier alpha value is -3.19. The van der Waals surface area contributed by atoms with Gasteiger partial charge in [-0.25, -0.2) is 4.98 Å². The van der Waals surface area contributed by atoms with Crippen molar-refractivity contribution in [3.8, 4) is 0 Å². The second-order valence-electron chi connectivity index (χ2n) is 5.69. The summed E-state index contributed by atoms with van der Waals surface area (Å²) in [6, 6.07) is 16.1. The minimum absolute atomic E-state index is 0.120. The van der Waals surface area contributed by atoms with E-state index in [0.717, 1.165) is 15.2 Å². The summed E-state index contributed by atoms with van der Waals surface area (Å²) < 4.78 is 8.17. The van der Waals surface area contributed by atoms with Crippen LogP contribution in [0.4, 0.5) is 0 Å². The number of para-hydroxylation sites is 1. The van der Waals surface area contributed by atoms with Crippen LogP contribution < -0.4 is 10.9 Å². The first kappa shape index (κ1) is 16.3. The molecule has 0 aliphatic heterocycles. The van der Waals surface area contributed by atoms with Crippen molar-refractivity contribution in [2.75, 3.05) is 0 Å². The van der Waals surface area contributed by atoms with Gasteiger partial charge in [-0.05, 0) is 30.3 Å². The molecule has 3 heterocycles. The number of carbonyl (C=O) groups is 1. The molecule has 0 saturated heterocycles. The molecule has 0 fully saturated rings. The molecule has 130 valence electrons. The molecule has 4 aromatic rings. The van der Waals surface area contributed by atoms with Crippen molar-refractivity contribution in [1.29, 1.82) is 0 Å². The molecule has 7 heteroatoms. The summed E-state index contributed by atoms with van der Waals surface area (Å²) in [4.78, 5) is 28.5. The quantitative estimate of drug-likeness (QED) is 0.590. The van der Waals surface area contributed by atoms with E-state index < -0.39 is 0 Å². The van der Waals surface area contributed by atoms with Crippen LogP contribution in [0.1, 0.15) is 21.3 Å². The molecule has 26 heavy (non-hydrogen) atoms. The number of carbonyl (C=O) groups excluding carboxylic acids is 1. The van der Waals surface area contributed by atoms with Crippen LogP contribution in [-0.4, -0.2) is 15.5 Å². The lowest BCUT2D eigenvalue weighted by molar-refractivity contribution is 0.0921. The zero-order chi connectivity index (χ0) is 17.9. The molecule has 0 aliphatic rings. The van der Waals surface area contributed by atoms with Crippen molar-refractivity contribution in [3.63, 3.8) is 0 Å². The molecule has 1 aromatic carbocycles. The smallest absolute Gasteiger partial charge is 0.287 e. The molecular weight excluding hydrogens is 350 g/mol. The second kappa shape index (κ2) is 6.97. The summed E-state index contributed by atoms with van der Waals surface area (Å²) in [5.41, 5.74) is 0.807. The van der Waals surface area contributed by atoms with Crippen LogP contribution in [0.15, 0.2) is 70.0 Å². The number of benzene rings is 1. The molecule has 0 unspecified atom stereocenters. The first-order valence-electron chi connectivity index (χ1n) is 8.06. The predicted octanol–water partition coefficient (Wildman–Crippen LogP) is 3.03. The molecule has 0 bridgehead atoms. The van der Waals surface area contributed by atoms with E-state index in [1.807, 2.05) is 24.3 Å². The summed E-state index contributed by atoms with van der Waals surface area (Å²) in [6.45, 7) is 0.622. The van der Waals surface area contributed by atoms with Crippen molar-refractivity contribution in [1.82, 2.24) is 14.9 Å². The van der Waals surface area contributed by atoms with Crippen LogP contribution in [-0.2, 0) is 13.1 Å². The third-order valence-corrected chi connectivity index (χ3v) is 4.89. The van der Waals surface area contributed by atoms with E-state index in [2.05, 4.69) is 10.3 Å². The van der Waals surface area contributed by atoms with Crippen LogP contribution in [0.25, 0.3) is 10.2 Å². The number of rotatable bonds is 5. The van der Waals surface area contributed by atoms with Gasteiger partial charge in [0.25, 0.3) is 11.5 Å². The van der Waals surface area contributed by atoms with Gasteiger partial charge in [0, 0.05) is 12.3 Å². The molecule has 3 aromatic heterocycles. The number of hydrogen-bond acceptors (Lipinski definition) is 5. The fourth-order valence-corrected chi connectivity index (χ4v) is 3.49. The van der Waals surface area contributed by atoms with Crippen LogP contribution in [0, 0.1) is 0 Å². The molecule has 6 nitrogen and oxygen atoms in total. The largest absolute Gasteiger partial charge is 0.454 e. The average molecular weight is 365 g/mol. The highest BCUT2D eigenvalue weighted by Crippen LogP contribution is 2.21. The zero-order valence-corrected chi connectivity index (χ0v) is 14.5. The minimum Gasteiger partial charge on any atom is -0.454 e. The van der Waals surface area contributed by atoms with E-state index in [1.165, 1.54) is 10.6 Å². The third kappa shape index (κ3) is 3.43. The standard InChI is InChI=1S/C19H15N3O3S/c23-18-7-3-4-10-22(18)12-13-8-9-15(25-13)19(24)20-11-17-21-14-5-1-2-6-16(14)26-17/h1-10H,11-12H2,(H,20,24). The molecule has 0 saturated carbocycles. The highest BCUT2D eigenvalue weighted by Gasteiger charge is 2.12. The fraction of sp³-hybridized carbons (Fsp3) is 0.105. The average Bonchev–Trinajstić information content (AvgIpc) is 3.28. The Balaban J connectivity index is 1.41. The monoisotopic (exact) mass is 365 g/mol. The topological polar surface area (TPSA) is 77.1 Å². The normalized spacial score (nSPS) is 10.9. The van der Waals surface area contributed by atoms with Crippen LogP contribution in [0.2, 0.25) is 0 Å². The number of nitrogens with zero attached hydrogens (tertiary/aromatic N) is 2. The van der Waals surface area contributed by atoms with E-state index in [-0.39, 0.29) is 23.8 Å². The van der Waals surface area contributed by atoms with Gasteiger partial charge in [0.15, 0.2) is 5.76 Å². The Labute approximate surface area is 152 Å². The number of amides is 1. The highest BCUT2D eigenvalue weighted by molar-refractivity contribution is 7.18. The van der Waals surface area contributed by atoms with Crippen molar-refractivity contribution < 1.29 is 9.21 Å². The van der Waals surface area contributed by atoms with E-state index in [4.69, 9.17) is 4.42 Å². The van der Waals surface area contributed by atoms with E-state index in [0.29, 0.717) is 12.3 Å². The first-order chi connectivity index (χ1) is 12.7.